The molecule has 4 aromatic rings. The van der Waals surface area contributed by atoms with Gasteiger partial charge in [-0.1, -0.05) is 18.2 Å². The predicted molar refractivity (Wildman–Crippen MR) is 111 cm³/mol. The number of hydrogen-bond donors (Lipinski definition) is 2. The monoisotopic (exact) mass is 385 g/mol. The lowest BCUT2D eigenvalue weighted by Crippen LogP contribution is -2.22. The van der Waals surface area contributed by atoms with E-state index >= 15 is 0 Å². The summed E-state index contributed by atoms with van der Waals surface area (Å²) in [5.74, 6) is -0.317. The minimum atomic E-state index is -0.163. The topological polar surface area (TPSA) is 88.9 Å². The fourth-order valence-corrected chi connectivity index (χ4v) is 3.00. The zero-order valence-corrected chi connectivity index (χ0v) is 15.8. The second-order valence-corrected chi connectivity index (χ2v) is 6.62. The molecule has 7 nitrogen and oxygen atoms in total. The second kappa shape index (κ2) is 7.93. The molecule has 2 aromatic heterocycles. The molecule has 0 fully saturated rings. The van der Waals surface area contributed by atoms with E-state index in [2.05, 4.69) is 20.7 Å². The molecule has 4 rings (SSSR count). The van der Waals surface area contributed by atoms with Crippen molar-refractivity contribution < 1.29 is 9.59 Å². The number of carbonyl (C=O) groups is 2. The molecule has 144 valence electrons. The first kappa shape index (κ1) is 18.4. The molecule has 0 aliphatic rings. The summed E-state index contributed by atoms with van der Waals surface area (Å²) in [6.45, 7) is 1.84. The van der Waals surface area contributed by atoms with Crippen molar-refractivity contribution in [2.75, 3.05) is 5.32 Å². The number of amides is 2. The summed E-state index contributed by atoms with van der Waals surface area (Å²) in [7, 11) is 0. The summed E-state index contributed by atoms with van der Waals surface area (Å²) >= 11 is 0. The maximum Gasteiger partial charge on any atom is 0.251 e. The highest BCUT2D eigenvalue weighted by atomic mass is 16.2. The summed E-state index contributed by atoms with van der Waals surface area (Å²) < 4.78 is 1.63. The molecule has 0 aliphatic carbocycles. The summed E-state index contributed by atoms with van der Waals surface area (Å²) in [6, 6.07) is 17.0. The normalized spacial score (nSPS) is 10.7. The molecule has 0 saturated carbocycles. The van der Waals surface area contributed by atoms with E-state index < -0.39 is 0 Å². The van der Waals surface area contributed by atoms with Crippen molar-refractivity contribution >= 4 is 28.4 Å². The summed E-state index contributed by atoms with van der Waals surface area (Å²) in [4.78, 5) is 28.0. The van der Waals surface area contributed by atoms with Crippen LogP contribution >= 0.6 is 0 Å². The molecule has 7 heteroatoms. The van der Waals surface area contributed by atoms with Gasteiger partial charge in [0.15, 0.2) is 0 Å². The molecule has 2 heterocycles. The van der Waals surface area contributed by atoms with Gasteiger partial charge in [-0.15, -0.1) is 0 Å². The third kappa shape index (κ3) is 4.30. The highest BCUT2D eigenvalue weighted by Gasteiger charge is 2.08. The highest BCUT2D eigenvalue weighted by Crippen LogP contribution is 2.14. The van der Waals surface area contributed by atoms with Crippen LogP contribution in [0.1, 0.15) is 22.8 Å². The number of pyridine rings is 1. The van der Waals surface area contributed by atoms with Crippen molar-refractivity contribution in [2.24, 2.45) is 0 Å². The van der Waals surface area contributed by atoms with Gasteiger partial charge in [0.1, 0.15) is 0 Å². The average molecular weight is 385 g/mol. The molecule has 29 heavy (non-hydrogen) atoms. The van der Waals surface area contributed by atoms with Crippen molar-refractivity contribution in [3.05, 3.63) is 84.3 Å². The Kier molecular flexibility index (Phi) is 5.03. The van der Waals surface area contributed by atoms with E-state index in [0.29, 0.717) is 17.8 Å². The number of nitrogens with zero attached hydrogens (tertiary/aromatic N) is 3. The van der Waals surface area contributed by atoms with Crippen LogP contribution in [0, 0.1) is 0 Å². The molecule has 0 aliphatic heterocycles. The number of aromatic nitrogens is 3. The van der Waals surface area contributed by atoms with Gasteiger partial charge >= 0.3 is 0 Å². The largest absolute Gasteiger partial charge is 0.348 e. The fourth-order valence-electron chi connectivity index (χ4n) is 3.00. The predicted octanol–water partition coefficient (Wildman–Crippen LogP) is 3.31. The van der Waals surface area contributed by atoms with Crippen molar-refractivity contribution in [3.8, 4) is 5.69 Å². The molecule has 0 bridgehead atoms. The number of para-hydroxylation sites is 1. The van der Waals surface area contributed by atoms with Crippen molar-refractivity contribution in [1.82, 2.24) is 20.1 Å². The lowest BCUT2D eigenvalue weighted by atomic mass is 10.1. The molecular weight excluding hydrogens is 366 g/mol. The highest BCUT2D eigenvalue weighted by molar-refractivity contribution is 5.94. The molecule has 2 amide bonds. The number of benzene rings is 2. The van der Waals surface area contributed by atoms with Crippen molar-refractivity contribution in [2.45, 2.75) is 13.5 Å². The van der Waals surface area contributed by atoms with Gasteiger partial charge in [-0.05, 0) is 42.0 Å². The van der Waals surface area contributed by atoms with E-state index in [4.69, 9.17) is 0 Å². The van der Waals surface area contributed by atoms with Crippen LogP contribution in [0.25, 0.3) is 16.6 Å². The van der Waals surface area contributed by atoms with Gasteiger partial charge < -0.3 is 10.6 Å². The van der Waals surface area contributed by atoms with E-state index in [1.807, 2.05) is 30.3 Å². The first-order chi connectivity index (χ1) is 14.1. The third-order valence-electron chi connectivity index (χ3n) is 4.40. The van der Waals surface area contributed by atoms with Gasteiger partial charge in [-0.25, -0.2) is 4.68 Å². The lowest BCUT2D eigenvalue weighted by Gasteiger charge is -2.07. The zero-order chi connectivity index (χ0) is 20.2. The number of nitrogens with one attached hydrogen (secondary N) is 2. The maximum absolute atomic E-state index is 12.5. The molecule has 0 atom stereocenters. The summed E-state index contributed by atoms with van der Waals surface area (Å²) in [6.07, 6.45) is 5.05. The Hall–Kier alpha value is -4.00. The van der Waals surface area contributed by atoms with Crippen LogP contribution in [0.5, 0.6) is 0 Å². The number of carbonyl (C=O) groups excluding carboxylic acids is 2. The van der Waals surface area contributed by atoms with Crippen LogP contribution in [-0.2, 0) is 11.3 Å². The van der Waals surface area contributed by atoms with Crippen LogP contribution in [0.2, 0.25) is 0 Å². The Bertz CT molecular complexity index is 1180. The first-order valence-corrected chi connectivity index (χ1v) is 9.13. The van der Waals surface area contributed by atoms with Gasteiger partial charge in [0, 0.05) is 30.6 Å². The Labute approximate surface area is 167 Å². The smallest absolute Gasteiger partial charge is 0.251 e. The molecule has 0 radical (unpaired) electrons. The third-order valence-corrected chi connectivity index (χ3v) is 4.40. The number of hydrogen-bond acceptors (Lipinski definition) is 4. The number of anilines is 1. The van der Waals surface area contributed by atoms with Gasteiger partial charge in [0.25, 0.3) is 5.91 Å². The van der Waals surface area contributed by atoms with Crippen molar-refractivity contribution in [3.63, 3.8) is 0 Å². The molecule has 0 saturated heterocycles. The Balaban J connectivity index is 1.41. The lowest BCUT2D eigenvalue weighted by molar-refractivity contribution is -0.114. The number of rotatable bonds is 5. The van der Waals surface area contributed by atoms with Gasteiger partial charge in [-0.2, -0.15) is 5.10 Å². The van der Waals surface area contributed by atoms with E-state index in [1.165, 1.54) is 6.92 Å². The Morgan fingerprint density at radius 3 is 2.62 bits per heavy atom. The molecule has 2 aromatic carbocycles. The molecule has 2 N–H and O–H groups in total. The van der Waals surface area contributed by atoms with Crippen LogP contribution < -0.4 is 10.6 Å². The van der Waals surface area contributed by atoms with Crippen molar-refractivity contribution in [1.29, 1.82) is 0 Å². The molecule has 0 unspecified atom stereocenters. The summed E-state index contributed by atoms with van der Waals surface area (Å²) in [5, 5.41) is 10.8. The van der Waals surface area contributed by atoms with E-state index in [-0.39, 0.29) is 11.8 Å². The van der Waals surface area contributed by atoms with E-state index in [1.54, 1.807) is 47.5 Å². The first-order valence-electron chi connectivity index (χ1n) is 9.13. The van der Waals surface area contributed by atoms with Crippen LogP contribution in [-0.4, -0.2) is 26.6 Å². The standard InChI is InChI=1S/C22H19N5O2/c1-15(28)26-19-13-25-27(14-19)20-8-6-17(7-9-20)22(29)24-12-16-10-18-4-2-3-5-21(18)23-11-16/h2-11,13-14H,12H2,1H3,(H,24,29)(H,26,28). The summed E-state index contributed by atoms with van der Waals surface area (Å²) in [5.41, 5.74) is 3.83. The van der Waals surface area contributed by atoms with Gasteiger partial charge in [0.05, 0.1) is 29.3 Å². The quantitative estimate of drug-likeness (QED) is 0.552. The Morgan fingerprint density at radius 1 is 1.03 bits per heavy atom. The average Bonchev–Trinajstić information content (AvgIpc) is 3.19. The minimum Gasteiger partial charge on any atom is -0.348 e. The fraction of sp³-hybridized carbons (Fsp3) is 0.0909. The van der Waals surface area contributed by atoms with Gasteiger partial charge in [-0.3, -0.25) is 14.6 Å². The minimum absolute atomic E-state index is 0.154. The molecule has 0 spiro atoms. The van der Waals surface area contributed by atoms with Crippen LogP contribution in [0.4, 0.5) is 5.69 Å². The zero-order valence-electron chi connectivity index (χ0n) is 15.8. The molecular formula is C22H19N5O2. The van der Waals surface area contributed by atoms with E-state index in [0.717, 1.165) is 22.2 Å². The van der Waals surface area contributed by atoms with E-state index in [9.17, 15) is 9.59 Å². The Morgan fingerprint density at radius 2 is 1.83 bits per heavy atom. The maximum atomic E-state index is 12.5. The SMILES string of the molecule is CC(=O)Nc1cnn(-c2ccc(C(=O)NCc3cnc4ccccc4c3)cc2)c1. The second-order valence-electron chi connectivity index (χ2n) is 6.62. The van der Waals surface area contributed by atoms with Crippen LogP contribution in [0.15, 0.2) is 73.2 Å². The van der Waals surface area contributed by atoms with Gasteiger partial charge in [0.2, 0.25) is 5.91 Å². The number of fused-ring (bicyclic) bond motifs is 1. The van der Waals surface area contributed by atoms with Crippen LogP contribution in [0.3, 0.4) is 0 Å².